The van der Waals surface area contributed by atoms with E-state index in [1.807, 2.05) is 30.5 Å². The normalized spacial score (nSPS) is 10.6. The van der Waals surface area contributed by atoms with Gasteiger partial charge in [-0.3, -0.25) is 5.10 Å². The lowest BCUT2D eigenvalue weighted by Crippen LogP contribution is -1.96. The minimum Gasteiger partial charge on any atom is -0.493 e. The molecule has 0 radical (unpaired) electrons. The molecule has 0 bridgehead atoms. The first-order chi connectivity index (χ1) is 12.2. The minimum atomic E-state index is 0.539. The number of aromatic amines is 1. The van der Waals surface area contributed by atoms with Crippen LogP contribution in [0.4, 0.5) is 0 Å². The lowest BCUT2D eigenvalue weighted by molar-refractivity contribution is 0.324. The third kappa shape index (κ3) is 3.41. The summed E-state index contributed by atoms with van der Waals surface area (Å²) in [6.45, 7) is 0. The molecule has 0 aliphatic rings. The van der Waals surface area contributed by atoms with E-state index >= 15 is 0 Å². The summed E-state index contributed by atoms with van der Waals surface area (Å²) in [6, 6.07) is 11.8. The quantitative estimate of drug-likeness (QED) is 0.675. The molecule has 1 N–H and O–H groups in total. The van der Waals surface area contributed by atoms with Crippen molar-refractivity contribution in [2.24, 2.45) is 0 Å². The lowest BCUT2D eigenvalue weighted by atomic mass is 10.1. The van der Waals surface area contributed by atoms with Crippen LogP contribution in [0, 0.1) is 0 Å². The fourth-order valence-electron chi connectivity index (χ4n) is 2.48. The maximum absolute atomic E-state index is 5.38. The predicted molar refractivity (Wildman–Crippen MR) is 98.7 cm³/mol. The summed E-state index contributed by atoms with van der Waals surface area (Å²) >= 11 is 1.70. The maximum Gasteiger partial charge on any atom is 0.203 e. The molecule has 6 nitrogen and oxygen atoms in total. The van der Waals surface area contributed by atoms with E-state index < -0.39 is 0 Å². The molecule has 3 rings (SSSR count). The number of thioether (sulfide) groups is 1. The van der Waals surface area contributed by atoms with Crippen molar-refractivity contribution in [2.75, 3.05) is 27.6 Å². The van der Waals surface area contributed by atoms with Crippen LogP contribution in [-0.4, -0.2) is 42.8 Å². The van der Waals surface area contributed by atoms with Gasteiger partial charge in [0.05, 0.1) is 21.3 Å². The van der Waals surface area contributed by atoms with Crippen molar-refractivity contribution in [1.29, 1.82) is 0 Å². The van der Waals surface area contributed by atoms with Crippen LogP contribution in [0.1, 0.15) is 0 Å². The number of nitrogens with zero attached hydrogens (tertiary/aromatic N) is 2. The number of nitrogens with one attached hydrogen (secondary N) is 1. The molecule has 1 aromatic heterocycles. The smallest absolute Gasteiger partial charge is 0.203 e. The Balaban J connectivity index is 1.98. The third-order valence-corrected chi connectivity index (χ3v) is 4.52. The molecule has 0 unspecified atom stereocenters. The summed E-state index contributed by atoms with van der Waals surface area (Å²) in [6.07, 6.45) is 2.05. The highest BCUT2D eigenvalue weighted by molar-refractivity contribution is 7.98. The van der Waals surface area contributed by atoms with Crippen molar-refractivity contribution < 1.29 is 14.2 Å². The van der Waals surface area contributed by atoms with Crippen molar-refractivity contribution in [1.82, 2.24) is 15.2 Å². The van der Waals surface area contributed by atoms with Crippen molar-refractivity contribution in [2.45, 2.75) is 4.90 Å². The Bertz CT molecular complexity index is 837. The van der Waals surface area contributed by atoms with Gasteiger partial charge in [0.15, 0.2) is 23.1 Å². The van der Waals surface area contributed by atoms with E-state index in [1.165, 1.54) is 4.90 Å². The molecule has 0 fully saturated rings. The third-order valence-electron chi connectivity index (χ3n) is 3.77. The van der Waals surface area contributed by atoms with Crippen LogP contribution >= 0.6 is 11.8 Å². The summed E-state index contributed by atoms with van der Waals surface area (Å²) in [5.41, 5.74) is 1.75. The summed E-state index contributed by atoms with van der Waals surface area (Å²) in [5, 5.41) is 7.30. The molecule has 2 aromatic carbocycles. The molecule has 1 heterocycles. The van der Waals surface area contributed by atoms with Crippen LogP contribution in [-0.2, 0) is 0 Å². The predicted octanol–water partition coefficient (Wildman–Crippen LogP) is 3.89. The number of H-pyrrole nitrogens is 1. The number of methoxy groups -OCH3 is 3. The number of hydrogen-bond donors (Lipinski definition) is 1. The zero-order valence-electron chi connectivity index (χ0n) is 14.5. The number of hydrogen-bond acceptors (Lipinski definition) is 6. The van der Waals surface area contributed by atoms with Crippen molar-refractivity contribution in [3.8, 4) is 40.0 Å². The molecule has 0 amide bonds. The molecule has 0 spiro atoms. The summed E-state index contributed by atoms with van der Waals surface area (Å²) < 4.78 is 16.1. The van der Waals surface area contributed by atoms with Crippen LogP contribution in [0.25, 0.3) is 22.8 Å². The average molecular weight is 357 g/mol. The van der Waals surface area contributed by atoms with Crippen molar-refractivity contribution >= 4 is 11.8 Å². The Morgan fingerprint density at radius 3 is 2.04 bits per heavy atom. The van der Waals surface area contributed by atoms with Crippen LogP contribution in [0.3, 0.4) is 0 Å². The standard InChI is InChI=1S/C18H19N3O3S/c1-22-14-9-12(10-15(23-2)16(14)24-3)18-19-17(20-21-18)11-5-7-13(25-4)8-6-11/h5-10H,1-4H3,(H,19,20,21). The summed E-state index contributed by atoms with van der Waals surface area (Å²) in [7, 11) is 4.73. The van der Waals surface area contributed by atoms with Crippen LogP contribution in [0.2, 0.25) is 0 Å². The van der Waals surface area contributed by atoms with Crippen molar-refractivity contribution in [3.63, 3.8) is 0 Å². The van der Waals surface area contributed by atoms with E-state index in [0.717, 1.165) is 11.1 Å². The second-order valence-electron chi connectivity index (χ2n) is 5.15. The van der Waals surface area contributed by atoms with Gasteiger partial charge < -0.3 is 14.2 Å². The van der Waals surface area contributed by atoms with Crippen LogP contribution < -0.4 is 14.2 Å². The van der Waals surface area contributed by atoms with Gasteiger partial charge in [0.1, 0.15) is 0 Å². The van der Waals surface area contributed by atoms with E-state index in [2.05, 4.69) is 27.3 Å². The summed E-state index contributed by atoms with van der Waals surface area (Å²) in [4.78, 5) is 5.79. The molecule has 7 heteroatoms. The Labute approximate surface area is 150 Å². The van der Waals surface area contributed by atoms with Gasteiger partial charge in [-0.2, -0.15) is 5.10 Å². The summed E-state index contributed by atoms with van der Waals surface area (Å²) in [5.74, 6) is 2.93. The topological polar surface area (TPSA) is 69.3 Å². The number of ether oxygens (including phenoxy) is 3. The first kappa shape index (κ1) is 17.2. The first-order valence-electron chi connectivity index (χ1n) is 7.57. The molecule has 0 aliphatic heterocycles. The number of aromatic nitrogens is 3. The first-order valence-corrected chi connectivity index (χ1v) is 8.79. The van der Waals surface area contributed by atoms with E-state index in [1.54, 1.807) is 33.1 Å². The maximum atomic E-state index is 5.38. The number of benzene rings is 2. The van der Waals surface area contributed by atoms with E-state index in [-0.39, 0.29) is 0 Å². The molecule has 0 saturated heterocycles. The fourth-order valence-corrected chi connectivity index (χ4v) is 2.89. The van der Waals surface area contributed by atoms with Gasteiger partial charge in [0.25, 0.3) is 0 Å². The Kier molecular flexibility index (Phi) is 5.14. The Hall–Kier alpha value is -2.67. The van der Waals surface area contributed by atoms with Crippen LogP contribution in [0.15, 0.2) is 41.3 Å². The molecular weight excluding hydrogens is 338 g/mol. The second-order valence-corrected chi connectivity index (χ2v) is 6.03. The highest BCUT2D eigenvalue weighted by Crippen LogP contribution is 2.40. The minimum absolute atomic E-state index is 0.539. The second kappa shape index (κ2) is 7.48. The zero-order chi connectivity index (χ0) is 17.8. The zero-order valence-corrected chi connectivity index (χ0v) is 15.3. The van der Waals surface area contributed by atoms with Crippen molar-refractivity contribution in [3.05, 3.63) is 36.4 Å². The molecule has 3 aromatic rings. The SMILES string of the molecule is COc1cc(-c2n[nH]c(-c3ccc(SC)cc3)n2)cc(OC)c1OC. The average Bonchev–Trinajstić information content (AvgIpc) is 3.17. The number of rotatable bonds is 6. The van der Waals surface area contributed by atoms with Crippen LogP contribution in [0.5, 0.6) is 17.2 Å². The molecule has 25 heavy (non-hydrogen) atoms. The van der Waals surface area contributed by atoms with Gasteiger partial charge in [-0.15, -0.1) is 11.8 Å². The monoisotopic (exact) mass is 357 g/mol. The van der Waals surface area contributed by atoms with Gasteiger partial charge in [-0.1, -0.05) is 12.1 Å². The highest BCUT2D eigenvalue weighted by atomic mass is 32.2. The molecule has 130 valence electrons. The van der Waals surface area contributed by atoms with E-state index in [4.69, 9.17) is 14.2 Å². The molecule has 0 aliphatic carbocycles. The highest BCUT2D eigenvalue weighted by Gasteiger charge is 2.16. The van der Waals surface area contributed by atoms with E-state index in [9.17, 15) is 0 Å². The van der Waals surface area contributed by atoms with E-state index in [0.29, 0.717) is 28.9 Å². The fraction of sp³-hybridized carbons (Fsp3) is 0.222. The largest absolute Gasteiger partial charge is 0.493 e. The Morgan fingerprint density at radius 2 is 1.52 bits per heavy atom. The van der Waals surface area contributed by atoms with Gasteiger partial charge in [0.2, 0.25) is 5.75 Å². The van der Waals surface area contributed by atoms with Gasteiger partial charge >= 0.3 is 0 Å². The van der Waals surface area contributed by atoms with Gasteiger partial charge in [0, 0.05) is 16.0 Å². The van der Waals surface area contributed by atoms with Gasteiger partial charge in [-0.25, -0.2) is 4.98 Å². The molecular formula is C18H19N3O3S. The lowest BCUT2D eigenvalue weighted by Gasteiger charge is -2.12. The van der Waals surface area contributed by atoms with Gasteiger partial charge in [-0.05, 0) is 30.5 Å². The molecule has 0 saturated carbocycles. The Morgan fingerprint density at radius 1 is 0.880 bits per heavy atom. The molecule has 0 atom stereocenters.